The summed E-state index contributed by atoms with van der Waals surface area (Å²) in [6.07, 6.45) is 0.775. The van der Waals surface area contributed by atoms with Gasteiger partial charge in [-0.3, -0.25) is 4.79 Å². The molecule has 0 saturated heterocycles. The largest absolute Gasteiger partial charge is 0.296 e. The summed E-state index contributed by atoms with van der Waals surface area (Å²) in [5.41, 5.74) is 1.33. The van der Waals surface area contributed by atoms with Gasteiger partial charge in [0, 0.05) is 4.70 Å². The molecule has 3 heteroatoms. The first-order valence-corrected chi connectivity index (χ1v) is 6.10. The lowest BCUT2D eigenvalue weighted by molar-refractivity contribution is 0.111. The lowest BCUT2D eigenvalue weighted by Crippen LogP contribution is -1.87. The van der Waals surface area contributed by atoms with Gasteiger partial charge in [-0.2, -0.15) is 0 Å². The lowest BCUT2D eigenvalue weighted by Gasteiger charge is -1.96. The van der Waals surface area contributed by atoms with Gasteiger partial charge in [0.1, 0.15) is 5.69 Å². The minimum atomic E-state index is 0.472. The maximum Gasteiger partial charge on any atom is 0.168 e. The van der Waals surface area contributed by atoms with E-state index in [0.29, 0.717) is 5.69 Å². The molecule has 0 bridgehead atoms. The fourth-order valence-electron chi connectivity index (χ4n) is 1.76. The number of nitrogens with zero attached hydrogens (tertiary/aromatic N) is 1. The van der Waals surface area contributed by atoms with E-state index in [1.807, 2.05) is 24.3 Å². The zero-order valence-corrected chi connectivity index (χ0v) is 9.78. The number of benzene rings is 1. The Morgan fingerprint density at radius 1 is 1.06 bits per heavy atom. The van der Waals surface area contributed by atoms with Crippen LogP contribution in [0.1, 0.15) is 10.5 Å². The smallest absolute Gasteiger partial charge is 0.168 e. The first kappa shape index (κ1) is 10.2. The van der Waals surface area contributed by atoms with Crippen LogP contribution in [0.2, 0.25) is 0 Å². The van der Waals surface area contributed by atoms with Crippen molar-refractivity contribution in [3.05, 3.63) is 54.2 Å². The van der Waals surface area contributed by atoms with Crippen molar-refractivity contribution in [3.8, 4) is 10.6 Å². The van der Waals surface area contributed by atoms with Gasteiger partial charge in [0.25, 0.3) is 0 Å². The average Bonchev–Trinajstić information content (AvgIpc) is 2.82. The van der Waals surface area contributed by atoms with Crippen molar-refractivity contribution in [1.29, 1.82) is 0 Å². The van der Waals surface area contributed by atoms with Crippen molar-refractivity contribution in [1.82, 2.24) is 4.98 Å². The zero-order valence-electron chi connectivity index (χ0n) is 8.96. The van der Waals surface area contributed by atoms with Gasteiger partial charge in [-0.05, 0) is 29.7 Å². The molecule has 0 unspecified atom stereocenters. The lowest BCUT2D eigenvalue weighted by atomic mass is 10.2. The van der Waals surface area contributed by atoms with Crippen LogP contribution >= 0.6 is 11.3 Å². The van der Waals surface area contributed by atoms with Gasteiger partial charge in [-0.15, -0.1) is 11.3 Å². The molecule has 0 N–H and O–H groups in total. The van der Waals surface area contributed by atoms with E-state index in [1.54, 1.807) is 17.4 Å². The van der Waals surface area contributed by atoms with Crippen molar-refractivity contribution >= 4 is 27.7 Å². The number of aldehydes is 1. The third-order valence-corrected chi connectivity index (χ3v) is 3.71. The summed E-state index contributed by atoms with van der Waals surface area (Å²) < 4.78 is 1.24. The predicted octanol–water partition coefficient (Wildman–Crippen LogP) is 3.78. The number of rotatable bonds is 2. The summed E-state index contributed by atoms with van der Waals surface area (Å²) in [6, 6.07) is 15.8. The highest BCUT2D eigenvalue weighted by atomic mass is 32.1. The van der Waals surface area contributed by atoms with Crippen LogP contribution in [0.15, 0.2) is 48.5 Å². The summed E-state index contributed by atoms with van der Waals surface area (Å²) in [7, 11) is 0. The maximum atomic E-state index is 10.7. The average molecular weight is 239 g/mol. The number of pyridine rings is 1. The standard InChI is InChI=1S/C14H9NOS/c16-9-11-5-3-6-12(15-11)14-8-10-4-1-2-7-13(10)17-14/h1-9H. The van der Waals surface area contributed by atoms with Crippen LogP contribution in [0.4, 0.5) is 0 Å². The number of carbonyl (C=O) groups is 1. The van der Waals surface area contributed by atoms with Gasteiger partial charge in [0.15, 0.2) is 6.29 Å². The molecule has 0 aliphatic heterocycles. The summed E-state index contributed by atoms with van der Waals surface area (Å²) in [5, 5.41) is 1.21. The number of fused-ring (bicyclic) bond motifs is 1. The van der Waals surface area contributed by atoms with E-state index in [0.717, 1.165) is 16.9 Å². The molecule has 0 radical (unpaired) electrons. The second kappa shape index (κ2) is 4.11. The molecular weight excluding hydrogens is 230 g/mol. The first-order chi connectivity index (χ1) is 8.36. The van der Waals surface area contributed by atoms with Crippen LogP contribution in [0.25, 0.3) is 20.7 Å². The fourth-order valence-corrected chi connectivity index (χ4v) is 2.79. The molecule has 1 aromatic carbocycles. The van der Waals surface area contributed by atoms with Crippen LogP contribution in [-0.4, -0.2) is 11.3 Å². The molecule has 0 amide bonds. The van der Waals surface area contributed by atoms with Crippen molar-refractivity contribution in [2.75, 3.05) is 0 Å². The van der Waals surface area contributed by atoms with E-state index >= 15 is 0 Å². The van der Waals surface area contributed by atoms with E-state index in [1.165, 1.54) is 10.1 Å². The number of carbonyl (C=O) groups excluding carboxylic acids is 1. The van der Waals surface area contributed by atoms with Crippen LogP contribution in [0.3, 0.4) is 0 Å². The highest BCUT2D eigenvalue weighted by Gasteiger charge is 2.05. The molecule has 0 atom stereocenters. The highest BCUT2D eigenvalue weighted by molar-refractivity contribution is 7.22. The molecule has 0 spiro atoms. The van der Waals surface area contributed by atoms with Gasteiger partial charge in [-0.1, -0.05) is 24.3 Å². The molecule has 2 heterocycles. The van der Waals surface area contributed by atoms with Gasteiger partial charge in [0.05, 0.1) is 10.6 Å². The van der Waals surface area contributed by atoms with Gasteiger partial charge < -0.3 is 0 Å². The minimum Gasteiger partial charge on any atom is -0.296 e. The van der Waals surface area contributed by atoms with Crippen molar-refractivity contribution < 1.29 is 4.79 Å². The van der Waals surface area contributed by atoms with E-state index in [4.69, 9.17) is 0 Å². The SMILES string of the molecule is O=Cc1cccc(-c2cc3ccccc3s2)n1. The topological polar surface area (TPSA) is 30.0 Å². The molecule has 2 aromatic heterocycles. The fraction of sp³-hybridized carbons (Fsp3) is 0. The van der Waals surface area contributed by atoms with Gasteiger partial charge in [-0.25, -0.2) is 4.98 Å². The normalized spacial score (nSPS) is 10.6. The van der Waals surface area contributed by atoms with E-state index in [2.05, 4.69) is 23.2 Å². The summed E-state index contributed by atoms with van der Waals surface area (Å²) in [5.74, 6) is 0. The number of hydrogen-bond donors (Lipinski definition) is 0. The molecule has 0 saturated carbocycles. The molecule has 0 aliphatic rings. The second-order valence-electron chi connectivity index (χ2n) is 3.71. The third kappa shape index (κ3) is 1.85. The van der Waals surface area contributed by atoms with Crippen molar-refractivity contribution in [2.24, 2.45) is 0 Å². The third-order valence-electron chi connectivity index (χ3n) is 2.57. The first-order valence-electron chi connectivity index (χ1n) is 5.28. The van der Waals surface area contributed by atoms with Crippen LogP contribution in [0.5, 0.6) is 0 Å². The van der Waals surface area contributed by atoms with E-state index < -0.39 is 0 Å². The Kier molecular flexibility index (Phi) is 2.46. The molecule has 2 nitrogen and oxygen atoms in total. The number of thiophene rings is 1. The molecule has 0 fully saturated rings. The maximum absolute atomic E-state index is 10.7. The van der Waals surface area contributed by atoms with Crippen LogP contribution in [0, 0.1) is 0 Å². The minimum absolute atomic E-state index is 0.472. The predicted molar refractivity (Wildman–Crippen MR) is 70.4 cm³/mol. The quantitative estimate of drug-likeness (QED) is 0.637. The Balaban J connectivity index is 2.16. The van der Waals surface area contributed by atoms with Crippen LogP contribution in [-0.2, 0) is 0 Å². The molecule has 17 heavy (non-hydrogen) atoms. The second-order valence-corrected chi connectivity index (χ2v) is 4.80. The molecule has 3 aromatic rings. The molecular formula is C14H9NOS. The monoisotopic (exact) mass is 239 g/mol. The molecule has 0 aliphatic carbocycles. The molecule has 82 valence electrons. The Morgan fingerprint density at radius 2 is 1.94 bits per heavy atom. The van der Waals surface area contributed by atoms with Gasteiger partial charge >= 0.3 is 0 Å². The number of aromatic nitrogens is 1. The Bertz CT molecular complexity index is 654. The Morgan fingerprint density at radius 3 is 2.76 bits per heavy atom. The van der Waals surface area contributed by atoms with E-state index in [-0.39, 0.29) is 0 Å². The van der Waals surface area contributed by atoms with Crippen LogP contribution < -0.4 is 0 Å². The van der Waals surface area contributed by atoms with Crippen molar-refractivity contribution in [3.63, 3.8) is 0 Å². The highest BCUT2D eigenvalue weighted by Crippen LogP contribution is 2.32. The summed E-state index contributed by atoms with van der Waals surface area (Å²) >= 11 is 1.69. The zero-order chi connectivity index (χ0) is 11.7. The number of hydrogen-bond acceptors (Lipinski definition) is 3. The van der Waals surface area contributed by atoms with Gasteiger partial charge in [0.2, 0.25) is 0 Å². The summed E-state index contributed by atoms with van der Waals surface area (Å²) in [4.78, 5) is 16.1. The summed E-state index contributed by atoms with van der Waals surface area (Å²) in [6.45, 7) is 0. The van der Waals surface area contributed by atoms with Crippen molar-refractivity contribution in [2.45, 2.75) is 0 Å². The molecule has 3 rings (SSSR count). The Labute approximate surface area is 103 Å². The van der Waals surface area contributed by atoms with E-state index in [9.17, 15) is 4.79 Å². The Hall–Kier alpha value is -2.00.